The summed E-state index contributed by atoms with van der Waals surface area (Å²) < 4.78 is 18.3. The number of ether oxygens (including phenoxy) is 1. The number of carbonyl (C=O) groups excluding carboxylic acids is 2. The van der Waals surface area contributed by atoms with E-state index in [1.165, 1.54) is 23.5 Å². The SMILES string of the molecule is CCOC(=O)c1c(C2CC2)csc1NC(=O)CNc1cccc(F)c1. The number of hydrogen-bond acceptors (Lipinski definition) is 5. The summed E-state index contributed by atoms with van der Waals surface area (Å²) in [5.74, 6) is -0.702. The standard InChI is InChI=1S/C18H19FN2O3S/c1-2-24-18(23)16-14(11-6-7-11)10-25-17(16)21-15(22)9-20-13-5-3-4-12(19)8-13/h3-5,8,10-11,20H,2,6-7,9H2,1H3,(H,21,22). The smallest absolute Gasteiger partial charge is 0.341 e. The fourth-order valence-corrected chi connectivity index (χ4v) is 3.57. The first-order valence-electron chi connectivity index (χ1n) is 8.16. The van der Waals surface area contributed by atoms with Crippen molar-refractivity contribution >= 4 is 33.9 Å². The minimum Gasteiger partial charge on any atom is -0.462 e. The first-order valence-corrected chi connectivity index (χ1v) is 9.04. The van der Waals surface area contributed by atoms with Crippen LogP contribution in [0.25, 0.3) is 0 Å². The van der Waals surface area contributed by atoms with Gasteiger partial charge in [0, 0.05) is 5.69 Å². The highest BCUT2D eigenvalue weighted by Gasteiger charge is 2.32. The lowest BCUT2D eigenvalue weighted by Crippen LogP contribution is -2.22. The molecule has 2 N–H and O–H groups in total. The summed E-state index contributed by atoms with van der Waals surface area (Å²) in [6.07, 6.45) is 2.11. The Bertz CT molecular complexity index is 786. The number of halogens is 1. The Labute approximate surface area is 149 Å². The van der Waals surface area contributed by atoms with E-state index < -0.39 is 5.97 Å². The molecular weight excluding hydrogens is 343 g/mol. The molecule has 0 unspecified atom stereocenters. The van der Waals surface area contributed by atoms with E-state index in [-0.39, 0.29) is 24.9 Å². The van der Waals surface area contributed by atoms with Gasteiger partial charge in [-0.25, -0.2) is 9.18 Å². The Morgan fingerprint density at radius 1 is 1.36 bits per heavy atom. The van der Waals surface area contributed by atoms with Crippen molar-refractivity contribution in [2.75, 3.05) is 23.8 Å². The molecule has 0 atom stereocenters. The van der Waals surface area contributed by atoms with Crippen LogP contribution in [0.5, 0.6) is 0 Å². The quantitative estimate of drug-likeness (QED) is 0.731. The summed E-state index contributed by atoms with van der Waals surface area (Å²) in [4.78, 5) is 24.4. The Hall–Kier alpha value is -2.41. The van der Waals surface area contributed by atoms with Crippen LogP contribution in [0, 0.1) is 5.82 Å². The number of thiophene rings is 1. The van der Waals surface area contributed by atoms with Crippen molar-refractivity contribution in [1.82, 2.24) is 0 Å². The van der Waals surface area contributed by atoms with Gasteiger partial charge in [0.1, 0.15) is 10.8 Å². The van der Waals surface area contributed by atoms with Crippen LogP contribution in [0.4, 0.5) is 15.1 Å². The van der Waals surface area contributed by atoms with Crippen molar-refractivity contribution in [1.29, 1.82) is 0 Å². The molecule has 0 aliphatic heterocycles. The third kappa shape index (κ3) is 4.36. The molecule has 1 fully saturated rings. The number of benzene rings is 1. The van der Waals surface area contributed by atoms with E-state index in [9.17, 15) is 14.0 Å². The molecule has 1 aromatic carbocycles. The second-order valence-corrected chi connectivity index (χ2v) is 6.68. The van der Waals surface area contributed by atoms with Crippen LogP contribution in [0.1, 0.15) is 41.6 Å². The second-order valence-electron chi connectivity index (χ2n) is 5.80. The van der Waals surface area contributed by atoms with Crippen LogP contribution in [0.3, 0.4) is 0 Å². The van der Waals surface area contributed by atoms with Crippen LogP contribution in [0.2, 0.25) is 0 Å². The van der Waals surface area contributed by atoms with Gasteiger partial charge in [-0.05, 0) is 54.8 Å². The van der Waals surface area contributed by atoms with Gasteiger partial charge in [0.05, 0.1) is 18.7 Å². The van der Waals surface area contributed by atoms with Gasteiger partial charge in [-0.3, -0.25) is 4.79 Å². The highest BCUT2D eigenvalue weighted by molar-refractivity contribution is 7.15. The van der Waals surface area contributed by atoms with Crippen molar-refractivity contribution < 1.29 is 18.7 Å². The molecule has 0 spiro atoms. The van der Waals surface area contributed by atoms with Crippen LogP contribution in [-0.2, 0) is 9.53 Å². The molecule has 3 rings (SSSR count). The van der Waals surface area contributed by atoms with E-state index in [4.69, 9.17) is 4.74 Å². The molecule has 25 heavy (non-hydrogen) atoms. The van der Waals surface area contributed by atoms with Crippen molar-refractivity contribution in [2.24, 2.45) is 0 Å². The maximum Gasteiger partial charge on any atom is 0.341 e. The maximum atomic E-state index is 13.1. The molecule has 0 bridgehead atoms. The monoisotopic (exact) mass is 362 g/mol. The number of nitrogens with one attached hydrogen (secondary N) is 2. The van der Waals surface area contributed by atoms with Crippen LogP contribution >= 0.6 is 11.3 Å². The number of rotatable bonds is 7. The molecular formula is C18H19FN2O3S. The Kier molecular flexibility index (Phi) is 5.33. The van der Waals surface area contributed by atoms with Gasteiger partial charge < -0.3 is 15.4 Å². The fourth-order valence-electron chi connectivity index (χ4n) is 2.52. The minimum atomic E-state index is -0.404. The van der Waals surface area contributed by atoms with Crippen molar-refractivity contribution in [3.05, 3.63) is 46.6 Å². The first kappa shape index (κ1) is 17.4. The van der Waals surface area contributed by atoms with Crippen LogP contribution in [0.15, 0.2) is 29.6 Å². The number of hydrogen-bond donors (Lipinski definition) is 2. The second kappa shape index (κ2) is 7.65. The zero-order valence-electron chi connectivity index (χ0n) is 13.8. The Balaban J connectivity index is 1.67. The molecule has 1 aliphatic carbocycles. The molecule has 7 heteroatoms. The molecule has 0 radical (unpaired) electrons. The highest BCUT2D eigenvalue weighted by atomic mass is 32.1. The third-order valence-electron chi connectivity index (χ3n) is 3.85. The molecule has 1 heterocycles. The summed E-state index contributed by atoms with van der Waals surface area (Å²) in [7, 11) is 0. The van der Waals surface area contributed by atoms with Crippen LogP contribution < -0.4 is 10.6 Å². The highest BCUT2D eigenvalue weighted by Crippen LogP contribution is 2.46. The average molecular weight is 362 g/mol. The zero-order chi connectivity index (χ0) is 17.8. The van der Waals surface area contributed by atoms with E-state index >= 15 is 0 Å². The maximum absolute atomic E-state index is 13.1. The van der Waals surface area contributed by atoms with Crippen molar-refractivity contribution in [3.8, 4) is 0 Å². The van der Waals surface area contributed by atoms with E-state index in [1.54, 1.807) is 19.1 Å². The van der Waals surface area contributed by atoms with Gasteiger partial charge in [0.25, 0.3) is 0 Å². The lowest BCUT2D eigenvalue weighted by Gasteiger charge is -2.09. The van der Waals surface area contributed by atoms with Gasteiger partial charge in [-0.15, -0.1) is 11.3 Å². The van der Waals surface area contributed by atoms with E-state index in [1.807, 2.05) is 5.38 Å². The molecule has 1 aromatic heterocycles. The van der Waals surface area contributed by atoms with Gasteiger partial charge in [0.2, 0.25) is 5.91 Å². The fraction of sp³-hybridized carbons (Fsp3) is 0.333. The van der Waals surface area contributed by atoms with E-state index in [0.717, 1.165) is 18.4 Å². The van der Waals surface area contributed by atoms with Crippen LogP contribution in [-0.4, -0.2) is 25.0 Å². The molecule has 5 nitrogen and oxygen atoms in total. The Morgan fingerprint density at radius 3 is 2.84 bits per heavy atom. The predicted octanol–water partition coefficient (Wildman–Crippen LogP) is 3.99. The topological polar surface area (TPSA) is 67.4 Å². The van der Waals surface area contributed by atoms with Gasteiger partial charge in [0.15, 0.2) is 0 Å². The minimum absolute atomic E-state index is 0.0254. The predicted molar refractivity (Wildman–Crippen MR) is 95.8 cm³/mol. The lowest BCUT2D eigenvalue weighted by atomic mass is 10.1. The zero-order valence-corrected chi connectivity index (χ0v) is 14.6. The number of anilines is 2. The largest absolute Gasteiger partial charge is 0.462 e. The third-order valence-corrected chi connectivity index (χ3v) is 4.76. The van der Waals surface area contributed by atoms with Crippen molar-refractivity contribution in [3.63, 3.8) is 0 Å². The summed E-state index contributed by atoms with van der Waals surface area (Å²) in [5.41, 5.74) is 1.94. The molecule has 0 saturated heterocycles. The summed E-state index contributed by atoms with van der Waals surface area (Å²) in [5, 5.41) is 8.04. The molecule has 1 saturated carbocycles. The normalized spacial score (nSPS) is 13.4. The number of carbonyl (C=O) groups is 2. The molecule has 1 aliphatic rings. The van der Waals surface area contributed by atoms with Crippen molar-refractivity contribution in [2.45, 2.75) is 25.7 Å². The number of esters is 1. The van der Waals surface area contributed by atoms with E-state index in [2.05, 4.69) is 10.6 Å². The van der Waals surface area contributed by atoms with Gasteiger partial charge >= 0.3 is 5.97 Å². The molecule has 1 amide bonds. The number of amides is 1. The summed E-state index contributed by atoms with van der Waals surface area (Å²) in [6, 6.07) is 5.89. The van der Waals surface area contributed by atoms with E-state index in [0.29, 0.717) is 22.2 Å². The van der Waals surface area contributed by atoms with Gasteiger partial charge in [-0.2, -0.15) is 0 Å². The lowest BCUT2D eigenvalue weighted by molar-refractivity contribution is -0.114. The summed E-state index contributed by atoms with van der Waals surface area (Å²) in [6.45, 7) is 2.01. The Morgan fingerprint density at radius 2 is 2.16 bits per heavy atom. The van der Waals surface area contributed by atoms with Gasteiger partial charge in [-0.1, -0.05) is 6.07 Å². The first-order chi connectivity index (χ1) is 12.1. The molecule has 132 valence electrons. The average Bonchev–Trinajstić information content (AvgIpc) is 3.34. The molecule has 2 aromatic rings. The summed E-state index contributed by atoms with van der Waals surface area (Å²) >= 11 is 1.33.